The van der Waals surface area contributed by atoms with Crippen LogP contribution in [0.3, 0.4) is 0 Å². The number of unbranched alkanes of at least 4 members (excludes halogenated alkanes) is 12. The number of carboxylic acid groups (broad SMARTS) is 3. The van der Waals surface area contributed by atoms with Crippen LogP contribution in [0.2, 0.25) is 0 Å². The van der Waals surface area contributed by atoms with Crippen LogP contribution in [0.5, 0.6) is 0 Å². The van der Waals surface area contributed by atoms with Crippen LogP contribution < -0.4 is 11.1 Å². The van der Waals surface area contributed by atoms with Crippen molar-refractivity contribution >= 4 is 29.7 Å². The van der Waals surface area contributed by atoms with Gasteiger partial charge in [0.25, 0.3) is 5.91 Å². The van der Waals surface area contributed by atoms with Gasteiger partial charge in [-0.2, -0.15) is 0 Å². The number of hydrogen-bond acceptors (Lipinski definition) is 7. The predicted molar refractivity (Wildman–Crippen MR) is 160 cm³/mol. The molecule has 0 unspecified atom stereocenters. The minimum absolute atomic E-state index is 0.0500. The van der Waals surface area contributed by atoms with Crippen LogP contribution in [-0.4, -0.2) is 69.1 Å². The van der Waals surface area contributed by atoms with Crippen molar-refractivity contribution in [1.29, 1.82) is 0 Å². The maximum Gasteiger partial charge on any atom is 0.320 e. The number of furan rings is 1. The Labute approximate surface area is 254 Å². The number of carbonyl (C=O) groups excluding carboxylic acids is 2. The molecule has 0 saturated carbocycles. The molecule has 1 aromatic rings. The van der Waals surface area contributed by atoms with Gasteiger partial charge in [0, 0.05) is 25.9 Å². The fourth-order valence-electron chi connectivity index (χ4n) is 4.68. The van der Waals surface area contributed by atoms with Crippen molar-refractivity contribution in [3.05, 3.63) is 23.7 Å². The summed E-state index contributed by atoms with van der Waals surface area (Å²) in [5.41, 5.74) is 5.46. The van der Waals surface area contributed by atoms with Gasteiger partial charge in [0.1, 0.15) is 11.8 Å². The summed E-state index contributed by atoms with van der Waals surface area (Å²) in [5.74, 6) is -2.88. The first kappa shape index (κ1) is 37.6. The van der Waals surface area contributed by atoms with Crippen LogP contribution in [0, 0.1) is 0 Å². The van der Waals surface area contributed by atoms with Crippen molar-refractivity contribution in [1.82, 2.24) is 10.2 Å². The Hall–Kier alpha value is -3.41. The van der Waals surface area contributed by atoms with Crippen LogP contribution in [0.25, 0.3) is 0 Å². The number of nitrogens with two attached hydrogens (primary N) is 1. The van der Waals surface area contributed by atoms with Gasteiger partial charge in [-0.3, -0.25) is 24.0 Å². The third-order valence-electron chi connectivity index (χ3n) is 7.26. The zero-order chi connectivity index (χ0) is 31.9. The van der Waals surface area contributed by atoms with E-state index in [2.05, 4.69) is 5.32 Å². The lowest BCUT2D eigenvalue weighted by Crippen LogP contribution is -2.32. The highest BCUT2D eigenvalue weighted by atomic mass is 16.4. The minimum atomic E-state index is -1.05. The van der Waals surface area contributed by atoms with Crippen LogP contribution >= 0.6 is 0 Å². The van der Waals surface area contributed by atoms with Gasteiger partial charge in [0.05, 0.1) is 13.0 Å². The Morgan fingerprint density at radius 1 is 0.721 bits per heavy atom. The van der Waals surface area contributed by atoms with Crippen molar-refractivity contribution in [2.75, 3.05) is 13.1 Å². The summed E-state index contributed by atoms with van der Waals surface area (Å²) in [6.45, 7) is 0.461. The molecular formula is C31H51N3O9. The van der Waals surface area contributed by atoms with Crippen LogP contribution in [-0.2, 0) is 25.7 Å². The second-order valence-corrected chi connectivity index (χ2v) is 11.1. The van der Waals surface area contributed by atoms with E-state index in [4.69, 9.17) is 25.5 Å². The van der Waals surface area contributed by atoms with Gasteiger partial charge in [-0.15, -0.1) is 0 Å². The highest BCUT2D eigenvalue weighted by molar-refractivity contribution is 5.91. The highest BCUT2D eigenvalue weighted by Gasteiger charge is 2.18. The van der Waals surface area contributed by atoms with E-state index in [1.54, 1.807) is 6.07 Å². The molecule has 1 atom stereocenters. The molecule has 0 aliphatic rings. The van der Waals surface area contributed by atoms with Gasteiger partial charge in [-0.1, -0.05) is 64.2 Å². The Morgan fingerprint density at radius 2 is 1.26 bits per heavy atom. The quantitative estimate of drug-likeness (QED) is 0.0851. The Morgan fingerprint density at radius 3 is 1.79 bits per heavy atom. The summed E-state index contributed by atoms with van der Waals surface area (Å²) in [7, 11) is 0. The van der Waals surface area contributed by atoms with Gasteiger partial charge in [-0.25, -0.2) is 0 Å². The van der Waals surface area contributed by atoms with E-state index in [1.807, 2.05) is 0 Å². The molecule has 12 nitrogen and oxygen atoms in total. The Bertz CT molecular complexity index is 979. The lowest BCUT2D eigenvalue weighted by molar-refractivity contribution is -0.140. The van der Waals surface area contributed by atoms with E-state index in [0.29, 0.717) is 38.0 Å². The summed E-state index contributed by atoms with van der Waals surface area (Å²) >= 11 is 0. The van der Waals surface area contributed by atoms with E-state index < -0.39 is 29.9 Å². The standard InChI is InChI=1S/C31H51N3O9/c32-25(31(41)42)15-13-14-21-33-30(40)26-19-18-24(43-26)23-34(22-20-29(38)39)27(35)16-11-9-7-5-3-1-2-4-6-8-10-12-17-28(36)37/h18-19,25H,1-17,20-23,32H2,(H,33,40)(H,36,37)(H,38,39)(H,41,42)/t25-/m0/s1. The lowest BCUT2D eigenvalue weighted by atomic mass is 10.0. The Balaban J connectivity index is 2.29. The average Bonchev–Trinajstić information content (AvgIpc) is 3.43. The van der Waals surface area contributed by atoms with Gasteiger partial charge < -0.3 is 35.7 Å². The largest absolute Gasteiger partial charge is 0.481 e. The van der Waals surface area contributed by atoms with E-state index >= 15 is 0 Å². The van der Waals surface area contributed by atoms with Crippen LogP contribution in [0.15, 0.2) is 16.5 Å². The van der Waals surface area contributed by atoms with Crippen molar-refractivity contribution in [3.8, 4) is 0 Å². The first-order valence-electron chi connectivity index (χ1n) is 15.7. The van der Waals surface area contributed by atoms with E-state index in [1.165, 1.54) is 30.2 Å². The molecule has 0 bridgehead atoms. The lowest BCUT2D eigenvalue weighted by Gasteiger charge is -2.21. The summed E-state index contributed by atoms with van der Waals surface area (Å²) in [5, 5.41) is 29.3. The number of nitrogens with zero attached hydrogens (tertiary/aromatic N) is 1. The number of amides is 2. The molecule has 0 aliphatic carbocycles. The van der Waals surface area contributed by atoms with Gasteiger partial charge in [0.15, 0.2) is 5.76 Å². The van der Waals surface area contributed by atoms with Crippen molar-refractivity contribution in [3.63, 3.8) is 0 Å². The fourth-order valence-corrected chi connectivity index (χ4v) is 4.68. The third kappa shape index (κ3) is 19.4. The molecule has 6 N–H and O–H groups in total. The maximum absolute atomic E-state index is 12.9. The number of hydrogen-bond donors (Lipinski definition) is 5. The predicted octanol–water partition coefficient (Wildman–Crippen LogP) is 4.94. The van der Waals surface area contributed by atoms with Gasteiger partial charge in [-0.05, 0) is 44.2 Å². The zero-order valence-electron chi connectivity index (χ0n) is 25.4. The van der Waals surface area contributed by atoms with Gasteiger partial charge in [0.2, 0.25) is 5.91 Å². The molecule has 2 amide bonds. The molecule has 43 heavy (non-hydrogen) atoms. The molecule has 0 spiro atoms. The second kappa shape index (κ2) is 23.1. The number of rotatable bonds is 27. The fraction of sp³-hybridized carbons (Fsp3) is 0.710. The smallest absolute Gasteiger partial charge is 0.320 e. The third-order valence-corrected chi connectivity index (χ3v) is 7.26. The van der Waals surface area contributed by atoms with Crippen molar-refractivity contribution in [2.24, 2.45) is 5.73 Å². The second-order valence-electron chi connectivity index (χ2n) is 11.1. The topological polar surface area (TPSA) is 200 Å². The SMILES string of the molecule is N[C@@H](CCCCNC(=O)c1ccc(CN(CCC(=O)O)C(=O)CCCCCCCCCCCCCCC(=O)O)o1)C(=O)O. The van der Waals surface area contributed by atoms with E-state index in [9.17, 15) is 24.0 Å². The summed E-state index contributed by atoms with van der Waals surface area (Å²) in [6.07, 6.45) is 14.3. The van der Waals surface area contributed by atoms with Gasteiger partial charge >= 0.3 is 17.9 Å². The number of carboxylic acids is 3. The van der Waals surface area contributed by atoms with Crippen molar-refractivity contribution < 1.29 is 43.7 Å². The molecule has 0 aromatic carbocycles. The number of nitrogens with one attached hydrogen (secondary N) is 1. The molecule has 0 fully saturated rings. The maximum atomic E-state index is 12.9. The molecule has 0 aliphatic heterocycles. The summed E-state index contributed by atoms with van der Waals surface area (Å²) in [4.78, 5) is 59.1. The molecule has 12 heteroatoms. The molecule has 1 heterocycles. The summed E-state index contributed by atoms with van der Waals surface area (Å²) in [6, 6.07) is 2.19. The van der Waals surface area contributed by atoms with E-state index in [0.717, 1.165) is 57.8 Å². The Kier molecular flexibility index (Phi) is 20.2. The molecule has 1 aromatic heterocycles. The molecule has 0 saturated heterocycles. The average molecular weight is 610 g/mol. The number of carbonyl (C=O) groups is 5. The monoisotopic (exact) mass is 609 g/mol. The van der Waals surface area contributed by atoms with E-state index in [-0.39, 0.29) is 37.6 Å². The molecule has 0 radical (unpaired) electrons. The highest BCUT2D eigenvalue weighted by Crippen LogP contribution is 2.16. The normalized spacial score (nSPS) is 11.7. The van der Waals surface area contributed by atoms with Crippen LogP contribution in [0.4, 0.5) is 0 Å². The van der Waals surface area contributed by atoms with Crippen LogP contribution in [0.1, 0.15) is 132 Å². The molecule has 244 valence electrons. The van der Waals surface area contributed by atoms with Crippen molar-refractivity contribution in [2.45, 2.75) is 128 Å². The zero-order valence-corrected chi connectivity index (χ0v) is 25.4. The summed E-state index contributed by atoms with van der Waals surface area (Å²) < 4.78 is 5.62. The first-order valence-corrected chi connectivity index (χ1v) is 15.7. The molecular weight excluding hydrogens is 558 g/mol. The number of aliphatic carboxylic acids is 3. The first-order chi connectivity index (χ1) is 20.6. The molecule has 1 rings (SSSR count). The minimum Gasteiger partial charge on any atom is -0.481 e.